The highest BCUT2D eigenvalue weighted by Gasteiger charge is 2.19. The molecular formula is C23H16ClNO4. The summed E-state index contributed by atoms with van der Waals surface area (Å²) in [4.78, 5) is 29.6. The van der Waals surface area contributed by atoms with Crippen molar-refractivity contribution in [2.75, 3.05) is 6.61 Å². The lowest BCUT2D eigenvalue weighted by molar-refractivity contribution is 0.0476. The van der Waals surface area contributed by atoms with E-state index in [0.29, 0.717) is 32.9 Å². The Kier molecular flexibility index (Phi) is 5.14. The maximum atomic E-state index is 12.8. The van der Waals surface area contributed by atoms with Crippen molar-refractivity contribution in [3.63, 3.8) is 0 Å². The van der Waals surface area contributed by atoms with Crippen LogP contribution in [0.5, 0.6) is 0 Å². The number of carbonyl (C=O) groups excluding carboxylic acids is 2. The third-order valence-electron chi connectivity index (χ3n) is 4.42. The lowest BCUT2D eigenvalue weighted by Crippen LogP contribution is -2.15. The van der Waals surface area contributed by atoms with Crippen LogP contribution in [0.25, 0.3) is 22.4 Å². The van der Waals surface area contributed by atoms with E-state index in [2.05, 4.69) is 4.98 Å². The maximum absolute atomic E-state index is 12.8. The van der Waals surface area contributed by atoms with Gasteiger partial charge in [-0.3, -0.25) is 4.79 Å². The summed E-state index contributed by atoms with van der Waals surface area (Å²) >= 11 is 6.31. The SMILES string of the molecule is Cc1coc(-c2cc(C(=O)OCC(=O)c3ccccc3)c3cccc(Cl)c3n2)c1. The van der Waals surface area contributed by atoms with Gasteiger partial charge >= 0.3 is 5.97 Å². The average molecular weight is 406 g/mol. The topological polar surface area (TPSA) is 69.4 Å². The minimum atomic E-state index is -0.631. The number of ether oxygens (including phenoxy) is 1. The Hall–Kier alpha value is -3.44. The predicted molar refractivity (Wildman–Crippen MR) is 110 cm³/mol. The van der Waals surface area contributed by atoms with Crippen molar-refractivity contribution in [1.29, 1.82) is 0 Å². The molecule has 6 heteroatoms. The van der Waals surface area contributed by atoms with Gasteiger partial charge in [-0.1, -0.05) is 54.1 Å². The molecule has 0 radical (unpaired) electrons. The van der Waals surface area contributed by atoms with Crippen molar-refractivity contribution in [2.45, 2.75) is 6.92 Å². The van der Waals surface area contributed by atoms with Crippen molar-refractivity contribution in [3.05, 3.63) is 88.6 Å². The third kappa shape index (κ3) is 3.91. The number of furan rings is 1. The molecule has 0 amide bonds. The summed E-state index contributed by atoms with van der Waals surface area (Å²) in [7, 11) is 0. The quantitative estimate of drug-likeness (QED) is 0.324. The normalized spacial score (nSPS) is 10.8. The van der Waals surface area contributed by atoms with Gasteiger partial charge in [0.1, 0.15) is 5.69 Å². The van der Waals surface area contributed by atoms with Crippen molar-refractivity contribution in [3.8, 4) is 11.5 Å². The van der Waals surface area contributed by atoms with Crippen LogP contribution in [0.4, 0.5) is 0 Å². The number of ketones is 1. The molecule has 0 aliphatic heterocycles. The smallest absolute Gasteiger partial charge is 0.339 e. The number of esters is 1. The highest BCUT2D eigenvalue weighted by atomic mass is 35.5. The van der Waals surface area contributed by atoms with Gasteiger partial charge in [-0.25, -0.2) is 9.78 Å². The molecule has 4 aromatic rings. The zero-order chi connectivity index (χ0) is 20.4. The fraction of sp³-hybridized carbons (Fsp3) is 0.0870. The van der Waals surface area contributed by atoms with Gasteiger partial charge in [0.2, 0.25) is 0 Å². The Balaban J connectivity index is 1.69. The van der Waals surface area contributed by atoms with Crippen LogP contribution in [-0.4, -0.2) is 23.3 Å². The Morgan fingerprint density at radius 1 is 1.07 bits per heavy atom. The summed E-state index contributed by atoms with van der Waals surface area (Å²) in [6.45, 7) is 1.54. The van der Waals surface area contributed by atoms with E-state index in [1.54, 1.807) is 54.8 Å². The fourth-order valence-electron chi connectivity index (χ4n) is 2.99. The zero-order valence-corrected chi connectivity index (χ0v) is 16.3. The number of fused-ring (bicyclic) bond motifs is 1. The van der Waals surface area contributed by atoms with Crippen LogP contribution in [0.1, 0.15) is 26.3 Å². The summed E-state index contributed by atoms with van der Waals surface area (Å²) in [6.07, 6.45) is 1.60. The number of pyridine rings is 1. The maximum Gasteiger partial charge on any atom is 0.339 e. The lowest BCUT2D eigenvalue weighted by Gasteiger charge is -2.10. The number of carbonyl (C=O) groups is 2. The number of nitrogens with zero attached hydrogens (tertiary/aromatic N) is 1. The molecular weight excluding hydrogens is 390 g/mol. The van der Waals surface area contributed by atoms with Crippen LogP contribution in [0.15, 0.2) is 71.3 Å². The number of hydrogen-bond acceptors (Lipinski definition) is 5. The number of hydrogen-bond donors (Lipinski definition) is 0. The first-order chi connectivity index (χ1) is 14.0. The Labute approximate surface area is 171 Å². The van der Waals surface area contributed by atoms with Gasteiger partial charge < -0.3 is 9.15 Å². The van der Waals surface area contributed by atoms with Crippen LogP contribution in [0, 0.1) is 6.92 Å². The summed E-state index contributed by atoms with van der Waals surface area (Å²) in [5, 5.41) is 0.948. The molecule has 2 heterocycles. The Morgan fingerprint density at radius 2 is 1.86 bits per heavy atom. The molecule has 5 nitrogen and oxygen atoms in total. The van der Waals surface area contributed by atoms with E-state index in [9.17, 15) is 9.59 Å². The number of Topliss-reactive ketones (excluding diaryl/α,β-unsaturated/α-hetero) is 1. The van der Waals surface area contributed by atoms with E-state index in [0.717, 1.165) is 5.56 Å². The summed E-state index contributed by atoms with van der Waals surface area (Å²) in [5.74, 6) is -0.399. The highest BCUT2D eigenvalue weighted by Crippen LogP contribution is 2.30. The van der Waals surface area contributed by atoms with E-state index in [4.69, 9.17) is 20.8 Å². The number of aromatic nitrogens is 1. The van der Waals surface area contributed by atoms with Gasteiger partial charge in [-0.05, 0) is 30.7 Å². The largest absolute Gasteiger partial charge is 0.462 e. The van der Waals surface area contributed by atoms with Gasteiger partial charge in [-0.2, -0.15) is 0 Å². The van der Waals surface area contributed by atoms with E-state index in [-0.39, 0.29) is 18.0 Å². The minimum Gasteiger partial charge on any atom is -0.462 e. The molecule has 0 saturated carbocycles. The molecule has 0 fully saturated rings. The molecule has 0 saturated heterocycles. The second kappa shape index (κ2) is 7.89. The first-order valence-electron chi connectivity index (χ1n) is 8.93. The van der Waals surface area contributed by atoms with E-state index >= 15 is 0 Å². The van der Waals surface area contributed by atoms with Crippen molar-refractivity contribution >= 4 is 34.3 Å². The number of para-hydroxylation sites is 1. The molecule has 144 valence electrons. The van der Waals surface area contributed by atoms with Crippen LogP contribution >= 0.6 is 11.6 Å². The molecule has 0 atom stereocenters. The van der Waals surface area contributed by atoms with Gasteiger partial charge in [0.05, 0.1) is 22.4 Å². The third-order valence-corrected chi connectivity index (χ3v) is 4.73. The Morgan fingerprint density at radius 3 is 2.59 bits per heavy atom. The van der Waals surface area contributed by atoms with Gasteiger partial charge in [0.25, 0.3) is 0 Å². The van der Waals surface area contributed by atoms with Gasteiger partial charge in [-0.15, -0.1) is 0 Å². The predicted octanol–water partition coefficient (Wildman–Crippen LogP) is 5.50. The van der Waals surface area contributed by atoms with Crippen molar-refractivity contribution < 1.29 is 18.7 Å². The molecule has 29 heavy (non-hydrogen) atoms. The minimum absolute atomic E-state index is 0.266. The first kappa shape index (κ1) is 18.9. The second-order valence-corrected chi connectivity index (χ2v) is 6.95. The first-order valence-corrected chi connectivity index (χ1v) is 9.31. The van der Waals surface area contributed by atoms with E-state index in [1.165, 1.54) is 0 Å². The van der Waals surface area contributed by atoms with Crippen molar-refractivity contribution in [1.82, 2.24) is 4.98 Å². The van der Waals surface area contributed by atoms with E-state index in [1.807, 2.05) is 19.1 Å². The van der Waals surface area contributed by atoms with Crippen LogP contribution in [0.3, 0.4) is 0 Å². The molecule has 2 aromatic carbocycles. The highest BCUT2D eigenvalue weighted by molar-refractivity contribution is 6.35. The number of aryl methyl sites for hydroxylation is 1. The van der Waals surface area contributed by atoms with Crippen LogP contribution in [-0.2, 0) is 4.74 Å². The Bertz CT molecular complexity index is 1210. The summed E-state index contributed by atoms with van der Waals surface area (Å²) in [6, 6.07) is 17.2. The molecule has 2 aromatic heterocycles. The molecule has 0 N–H and O–H groups in total. The van der Waals surface area contributed by atoms with Crippen LogP contribution < -0.4 is 0 Å². The molecule has 4 rings (SSSR count). The summed E-state index contributed by atoms with van der Waals surface area (Å²) < 4.78 is 10.8. The standard InChI is InChI=1S/C23H16ClNO4/c1-14-10-21(28-12-14)19-11-17(16-8-5-9-18(24)22(16)25-19)23(27)29-13-20(26)15-6-3-2-4-7-15/h2-12H,13H2,1H3. The van der Waals surface area contributed by atoms with Crippen LogP contribution in [0.2, 0.25) is 5.02 Å². The lowest BCUT2D eigenvalue weighted by atomic mass is 10.1. The van der Waals surface area contributed by atoms with Gasteiger partial charge in [0.15, 0.2) is 18.2 Å². The molecule has 0 spiro atoms. The van der Waals surface area contributed by atoms with E-state index < -0.39 is 5.97 Å². The fourth-order valence-corrected chi connectivity index (χ4v) is 3.21. The average Bonchev–Trinajstić information content (AvgIpc) is 3.18. The molecule has 0 aliphatic rings. The second-order valence-electron chi connectivity index (χ2n) is 6.54. The number of benzene rings is 2. The molecule has 0 unspecified atom stereocenters. The van der Waals surface area contributed by atoms with Crippen molar-refractivity contribution in [2.24, 2.45) is 0 Å². The zero-order valence-electron chi connectivity index (χ0n) is 15.5. The summed E-state index contributed by atoms with van der Waals surface area (Å²) in [5.41, 5.74) is 2.60. The molecule has 0 bridgehead atoms. The monoisotopic (exact) mass is 405 g/mol. The van der Waals surface area contributed by atoms with Gasteiger partial charge in [0, 0.05) is 10.9 Å². The number of rotatable bonds is 5. The molecule has 0 aliphatic carbocycles. The number of halogens is 1.